The molecule has 0 atom stereocenters. The standard InChI is InChI=1S/C27H34N4O/c1-3-16-31(17-4-2)27(32)23-10-8-21(9-11-23)25-20-26(29-28-25)22-12-14-24(15-13-22)30-18-6-5-7-19-30/h8-15,20H,3-7,16-19H2,1-2H3,(H,28,29). The van der Waals surface area contributed by atoms with Gasteiger partial charge in [0.05, 0.1) is 11.4 Å². The minimum absolute atomic E-state index is 0.111. The highest BCUT2D eigenvalue weighted by Crippen LogP contribution is 2.27. The molecule has 168 valence electrons. The summed E-state index contributed by atoms with van der Waals surface area (Å²) in [6.07, 6.45) is 5.85. The average molecular weight is 431 g/mol. The van der Waals surface area contributed by atoms with E-state index in [9.17, 15) is 4.79 Å². The molecule has 5 heteroatoms. The molecule has 4 rings (SSSR count). The van der Waals surface area contributed by atoms with Gasteiger partial charge in [0.25, 0.3) is 5.91 Å². The summed E-state index contributed by atoms with van der Waals surface area (Å²) >= 11 is 0. The van der Waals surface area contributed by atoms with Crippen LogP contribution in [0.1, 0.15) is 56.3 Å². The fourth-order valence-corrected chi connectivity index (χ4v) is 4.44. The molecule has 1 saturated heterocycles. The second-order valence-corrected chi connectivity index (χ2v) is 8.63. The Bertz CT molecular complexity index is 995. The van der Waals surface area contributed by atoms with Gasteiger partial charge in [0.15, 0.2) is 0 Å². The lowest BCUT2D eigenvalue weighted by atomic mass is 10.1. The fourth-order valence-electron chi connectivity index (χ4n) is 4.44. The molecule has 32 heavy (non-hydrogen) atoms. The molecular weight excluding hydrogens is 396 g/mol. The van der Waals surface area contributed by atoms with Crippen molar-refractivity contribution in [1.29, 1.82) is 0 Å². The smallest absolute Gasteiger partial charge is 0.253 e. The zero-order valence-electron chi connectivity index (χ0n) is 19.3. The van der Waals surface area contributed by atoms with Crippen LogP contribution < -0.4 is 4.90 Å². The van der Waals surface area contributed by atoms with Crippen LogP contribution in [0.5, 0.6) is 0 Å². The molecule has 1 amide bonds. The van der Waals surface area contributed by atoms with E-state index in [0.29, 0.717) is 0 Å². The molecule has 1 fully saturated rings. The third kappa shape index (κ3) is 5.04. The van der Waals surface area contributed by atoms with E-state index in [1.165, 1.54) is 24.9 Å². The van der Waals surface area contributed by atoms with Gasteiger partial charge in [-0.3, -0.25) is 9.89 Å². The molecule has 5 nitrogen and oxygen atoms in total. The van der Waals surface area contributed by atoms with Crippen molar-refractivity contribution in [3.8, 4) is 22.5 Å². The zero-order valence-corrected chi connectivity index (χ0v) is 19.3. The number of nitrogens with zero attached hydrogens (tertiary/aromatic N) is 3. The first-order chi connectivity index (χ1) is 15.7. The number of hydrogen-bond acceptors (Lipinski definition) is 3. The second kappa shape index (κ2) is 10.5. The molecule has 0 radical (unpaired) electrons. The molecule has 1 N–H and O–H groups in total. The van der Waals surface area contributed by atoms with Gasteiger partial charge in [-0.1, -0.05) is 38.1 Å². The van der Waals surface area contributed by atoms with Crippen molar-refractivity contribution in [2.45, 2.75) is 46.0 Å². The van der Waals surface area contributed by atoms with Gasteiger partial charge in [-0.2, -0.15) is 5.10 Å². The van der Waals surface area contributed by atoms with Crippen LogP contribution >= 0.6 is 0 Å². The van der Waals surface area contributed by atoms with Crippen LogP contribution in [0.25, 0.3) is 22.5 Å². The lowest BCUT2D eigenvalue weighted by molar-refractivity contribution is 0.0755. The van der Waals surface area contributed by atoms with Crippen molar-refractivity contribution in [3.63, 3.8) is 0 Å². The van der Waals surface area contributed by atoms with Crippen molar-refractivity contribution >= 4 is 11.6 Å². The lowest BCUT2D eigenvalue weighted by Gasteiger charge is -2.28. The normalized spacial score (nSPS) is 13.9. The van der Waals surface area contributed by atoms with Crippen LogP contribution in [-0.4, -0.2) is 47.2 Å². The molecule has 0 aliphatic carbocycles. The number of anilines is 1. The van der Waals surface area contributed by atoms with Crippen molar-refractivity contribution < 1.29 is 4.79 Å². The third-order valence-corrected chi connectivity index (χ3v) is 6.18. The zero-order chi connectivity index (χ0) is 22.3. The predicted molar refractivity (Wildman–Crippen MR) is 132 cm³/mol. The molecule has 0 unspecified atom stereocenters. The van der Waals surface area contributed by atoms with Gasteiger partial charge < -0.3 is 9.80 Å². The summed E-state index contributed by atoms with van der Waals surface area (Å²) in [7, 11) is 0. The van der Waals surface area contributed by atoms with Crippen molar-refractivity contribution in [2.24, 2.45) is 0 Å². The topological polar surface area (TPSA) is 52.2 Å². The Hall–Kier alpha value is -3.08. The van der Waals surface area contributed by atoms with E-state index in [2.05, 4.69) is 59.3 Å². The van der Waals surface area contributed by atoms with Crippen LogP contribution in [-0.2, 0) is 0 Å². The Labute approximate surface area is 191 Å². The molecule has 0 spiro atoms. The van der Waals surface area contributed by atoms with Gasteiger partial charge in [-0.15, -0.1) is 0 Å². The number of amides is 1. The van der Waals surface area contributed by atoms with E-state index in [0.717, 1.165) is 67.1 Å². The number of aromatic nitrogens is 2. The summed E-state index contributed by atoms with van der Waals surface area (Å²) in [6, 6.07) is 18.6. The highest BCUT2D eigenvalue weighted by atomic mass is 16.2. The van der Waals surface area contributed by atoms with Crippen LogP contribution in [0.15, 0.2) is 54.6 Å². The highest BCUT2D eigenvalue weighted by molar-refractivity contribution is 5.94. The Balaban J connectivity index is 1.45. The summed E-state index contributed by atoms with van der Waals surface area (Å²) in [6.45, 7) is 8.12. The van der Waals surface area contributed by atoms with Crippen LogP contribution in [0.4, 0.5) is 5.69 Å². The van der Waals surface area contributed by atoms with E-state index in [1.807, 2.05) is 29.2 Å². The Morgan fingerprint density at radius 3 is 2.16 bits per heavy atom. The maximum absolute atomic E-state index is 12.8. The summed E-state index contributed by atoms with van der Waals surface area (Å²) in [5.74, 6) is 0.111. The van der Waals surface area contributed by atoms with Gasteiger partial charge in [0.1, 0.15) is 0 Å². The number of carbonyl (C=O) groups is 1. The summed E-state index contributed by atoms with van der Waals surface area (Å²) in [5, 5.41) is 7.68. The number of piperidine rings is 1. The molecule has 2 aromatic carbocycles. The third-order valence-electron chi connectivity index (χ3n) is 6.18. The summed E-state index contributed by atoms with van der Waals surface area (Å²) in [4.78, 5) is 17.2. The van der Waals surface area contributed by atoms with E-state index in [-0.39, 0.29) is 5.91 Å². The summed E-state index contributed by atoms with van der Waals surface area (Å²) in [5.41, 5.74) is 6.06. The van der Waals surface area contributed by atoms with Crippen molar-refractivity contribution in [2.75, 3.05) is 31.1 Å². The number of hydrogen-bond donors (Lipinski definition) is 1. The number of benzene rings is 2. The van der Waals surface area contributed by atoms with E-state index in [1.54, 1.807) is 0 Å². The van der Waals surface area contributed by atoms with Gasteiger partial charge in [-0.05, 0) is 68.0 Å². The maximum atomic E-state index is 12.8. The van der Waals surface area contributed by atoms with Crippen LogP contribution in [0.2, 0.25) is 0 Å². The van der Waals surface area contributed by atoms with Crippen LogP contribution in [0.3, 0.4) is 0 Å². The molecule has 1 aromatic heterocycles. The number of carbonyl (C=O) groups excluding carboxylic acids is 1. The molecule has 0 saturated carbocycles. The first kappa shape index (κ1) is 22.1. The Morgan fingerprint density at radius 1 is 0.906 bits per heavy atom. The molecule has 1 aliphatic heterocycles. The Morgan fingerprint density at radius 2 is 1.53 bits per heavy atom. The monoisotopic (exact) mass is 430 g/mol. The van der Waals surface area contributed by atoms with Crippen molar-refractivity contribution in [1.82, 2.24) is 15.1 Å². The SMILES string of the molecule is CCCN(CCC)C(=O)c1ccc(-c2cc(-c3ccc(N4CCCCC4)cc3)n[nH]2)cc1. The number of H-pyrrole nitrogens is 1. The fraction of sp³-hybridized carbons (Fsp3) is 0.407. The first-order valence-corrected chi connectivity index (χ1v) is 12.0. The summed E-state index contributed by atoms with van der Waals surface area (Å²) < 4.78 is 0. The van der Waals surface area contributed by atoms with Gasteiger partial charge in [0, 0.05) is 43.0 Å². The quantitative estimate of drug-likeness (QED) is 0.477. The maximum Gasteiger partial charge on any atom is 0.253 e. The number of nitrogens with one attached hydrogen (secondary N) is 1. The first-order valence-electron chi connectivity index (χ1n) is 12.0. The number of aromatic amines is 1. The molecule has 2 heterocycles. The minimum atomic E-state index is 0.111. The molecular formula is C27H34N4O. The van der Waals surface area contributed by atoms with E-state index < -0.39 is 0 Å². The highest BCUT2D eigenvalue weighted by Gasteiger charge is 2.15. The van der Waals surface area contributed by atoms with Crippen molar-refractivity contribution in [3.05, 3.63) is 60.2 Å². The largest absolute Gasteiger partial charge is 0.372 e. The number of rotatable bonds is 8. The second-order valence-electron chi connectivity index (χ2n) is 8.63. The molecule has 1 aliphatic rings. The average Bonchev–Trinajstić information content (AvgIpc) is 3.35. The lowest BCUT2D eigenvalue weighted by Crippen LogP contribution is -2.32. The van der Waals surface area contributed by atoms with Gasteiger partial charge in [-0.25, -0.2) is 0 Å². The minimum Gasteiger partial charge on any atom is -0.372 e. The molecule has 0 bridgehead atoms. The van der Waals surface area contributed by atoms with Gasteiger partial charge >= 0.3 is 0 Å². The van der Waals surface area contributed by atoms with Crippen LogP contribution in [0, 0.1) is 0 Å². The predicted octanol–water partition coefficient (Wildman–Crippen LogP) is 6.00. The van der Waals surface area contributed by atoms with Gasteiger partial charge in [0.2, 0.25) is 0 Å². The Kier molecular flexibility index (Phi) is 7.25. The van der Waals surface area contributed by atoms with E-state index >= 15 is 0 Å². The molecule has 3 aromatic rings. The van der Waals surface area contributed by atoms with E-state index in [4.69, 9.17) is 0 Å².